The lowest BCUT2D eigenvalue weighted by Gasteiger charge is -2.21. The predicted octanol–water partition coefficient (Wildman–Crippen LogP) is 3.45. The van der Waals surface area contributed by atoms with E-state index in [-0.39, 0.29) is 17.7 Å². The molecule has 4 nitrogen and oxygen atoms in total. The zero-order valence-corrected chi connectivity index (χ0v) is 13.7. The van der Waals surface area contributed by atoms with Crippen LogP contribution >= 0.6 is 0 Å². The van der Waals surface area contributed by atoms with Gasteiger partial charge in [-0.15, -0.1) is 0 Å². The second kappa shape index (κ2) is 7.58. The van der Waals surface area contributed by atoms with E-state index < -0.39 is 6.04 Å². The van der Waals surface area contributed by atoms with Crippen LogP contribution in [0.25, 0.3) is 11.1 Å². The zero-order valence-electron chi connectivity index (χ0n) is 13.7. The van der Waals surface area contributed by atoms with Crippen LogP contribution in [-0.2, 0) is 9.59 Å². The van der Waals surface area contributed by atoms with E-state index in [9.17, 15) is 9.59 Å². The Balaban J connectivity index is 2.08. The molecule has 0 saturated heterocycles. The second-order valence-electron chi connectivity index (χ2n) is 5.85. The number of rotatable bonds is 5. The summed E-state index contributed by atoms with van der Waals surface area (Å²) in [5.74, 6) is -0.400. The molecule has 2 amide bonds. The predicted molar refractivity (Wildman–Crippen MR) is 93.0 cm³/mol. The average Bonchev–Trinajstić information content (AvgIpc) is 2.53. The first-order valence-electron chi connectivity index (χ1n) is 7.71. The third-order valence-corrected chi connectivity index (χ3v) is 3.57. The fraction of sp³-hybridized carbons (Fsp3) is 0.263. The molecule has 0 aromatic heterocycles. The summed E-state index contributed by atoms with van der Waals surface area (Å²) >= 11 is 0. The molecule has 23 heavy (non-hydrogen) atoms. The number of carbonyl (C=O) groups is 2. The fourth-order valence-electron chi connectivity index (χ4n) is 2.35. The molecular weight excluding hydrogens is 288 g/mol. The van der Waals surface area contributed by atoms with Gasteiger partial charge in [0.1, 0.15) is 6.04 Å². The van der Waals surface area contributed by atoms with Crippen LogP contribution in [-0.4, -0.2) is 17.9 Å². The normalized spacial score (nSPS) is 11.8. The summed E-state index contributed by atoms with van der Waals surface area (Å²) in [5.41, 5.74) is 2.93. The van der Waals surface area contributed by atoms with Gasteiger partial charge in [-0.2, -0.15) is 0 Å². The Morgan fingerprint density at radius 3 is 1.96 bits per heavy atom. The Morgan fingerprint density at radius 2 is 1.43 bits per heavy atom. The molecule has 2 N–H and O–H groups in total. The summed E-state index contributed by atoms with van der Waals surface area (Å²) in [6.07, 6.45) is 0. The number of carbonyl (C=O) groups excluding carboxylic acids is 2. The minimum atomic E-state index is -0.540. The summed E-state index contributed by atoms with van der Waals surface area (Å²) in [7, 11) is 0. The SMILES string of the molecule is CC(=O)N[C@H](C(=O)Nc1ccc(-c2ccccc2)cc1)C(C)C. The van der Waals surface area contributed by atoms with Crippen molar-refractivity contribution in [1.29, 1.82) is 0 Å². The lowest BCUT2D eigenvalue weighted by Crippen LogP contribution is -2.46. The van der Waals surface area contributed by atoms with Crippen molar-refractivity contribution in [3.05, 3.63) is 54.6 Å². The van der Waals surface area contributed by atoms with E-state index >= 15 is 0 Å². The first-order chi connectivity index (χ1) is 11.0. The van der Waals surface area contributed by atoms with E-state index in [1.165, 1.54) is 6.92 Å². The van der Waals surface area contributed by atoms with Gasteiger partial charge in [-0.1, -0.05) is 56.3 Å². The molecule has 0 aliphatic heterocycles. The Hall–Kier alpha value is -2.62. The summed E-state index contributed by atoms with van der Waals surface area (Å²) in [6, 6.07) is 17.2. The molecule has 0 aliphatic carbocycles. The molecular formula is C19H22N2O2. The number of hydrogen-bond acceptors (Lipinski definition) is 2. The highest BCUT2D eigenvalue weighted by molar-refractivity contribution is 5.97. The number of benzene rings is 2. The number of anilines is 1. The van der Waals surface area contributed by atoms with Crippen LogP contribution in [0.5, 0.6) is 0 Å². The number of nitrogens with one attached hydrogen (secondary N) is 2. The molecule has 0 heterocycles. The van der Waals surface area contributed by atoms with Crippen LogP contribution < -0.4 is 10.6 Å². The topological polar surface area (TPSA) is 58.2 Å². The van der Waals surface area contributed by atoms with Crippen molar-refractivity contribution in [2.45, 2.75) is 26.8 Å². The van der Waals surface area contributed by atoms with Crippen LogP contribution in [0.3, 0.4) is 0 Å². The van der Waals surface area contributed by atoms with Crippen molar-refractivity contribution in [1.82, 2.24) is 5.32 Å². The van der Waals surface area contributed by atoms with E-state index in [4.69, 9.17) is 0 Å². The largest absolute Gasteiger partial charge is 0.344 e. The van der Waals surface area contributed by atoms with Gasteiger partial charge in [0.05, 0.1) is 0 Å². The van der Waals surface area contributed by atoms with E-state index in [1.54, 1.807) is 0 Å². The van der Waals surface area contributed by atoms with Crippen LogP contribution in [0.1, 0.15) is 20.8 Å². The molecule has 2 rings (SSSR count). The van der Waals surface area contributed by atoms with Gasteiger partial charge in [-0.3, -0.25) is 9.59 Å². The smallest absolute Gasteiger partial charge is 0.247 e. The maximum absolute atomic E-state index is 12.3. The molecule has 0 saturated carbocycles. The summed E-state index contributed by atoms with van der Waals surface area (Å²) in [4.78, 5) is 23.5. The molecule has 1 atom stereocenters. The van der Waals surface area contributed by atoms with Gasteiger partial charge in [0.25, 0.3) is 0 Å². The Labute approximate surface area is 136 Å². The fourth-order valence-corrected chi connectivity index (χ4v) is 2.35. The third kappa shape index (κ3) is 4.68. The Morgan fingerprint density at radius 1 is 0.870 bits per heavy atom. The third-order valence-electron chi connectivity index (χ3n) is 3.57. The Kier molecular flexibility index (Phi) is 5.52. The van der Waals surface area contributed by atoms with Crippen molar-refractivity contribution >= 4 is 17.5 Å². The molecule has 2 aromatic rings. The van der Waals surface area contributed by atoms with Gasteiger partial charge in [0, 0.05) is 12.6 Å². The standard InChI is InChI=1S/C19H22N2O2/c1-13(2)18(20-14(3)22)19(23)21-17-11-9-16(10-12-17)15-7-5-4-6-8-15/h4-13,18H,1-3H3,(H,20,22)(H,21,23)/t18-/m0/s1. The van der Waals surface area contributed by atoms with E-state index in [2.05, 4.69) is 10.6 Å². The monoisotopic (exact) mass is 310 g/mol. The highest BCUT2D eigenvalue weighted by Crippen LogP contribution is 2.21. The number of hydrogen-bond donors (Lipinski definition) is 2. The summed E-state index contributed by atoms with van der Waals surface area (Å²) in [5, 5.41) is 5.54. The molecule has 0 spiro atoms. The molecule has 120 valence electrons. The molecule has 0 aliphatic rings. The molecule has 0 radical (unpaired) electrons. The van der Waals surface area contributed by atoms with Gasteiger partial charge in [-0.05, 0) is 29.2 Å². The van der Waals surface area contributed by atoms with Crippen molar-refractivity contribution in [3.8, 4) is 11.1 Å². The van der Waals surface area contributed by atoms with Crippen LogP contribution in [0, 0.1) is 5.92 Å². The van der Waals surface area contributed by atoms with Crippen molar-refractivity contribution in [3.63, 3.8) is 0 Å². The lowest BCUT2D eigenvalue weighted by atomic mass is 10.0. The van der Waals surface area contributed by atoms with Gasteiger partial charge in [-0.25, -0.2) is 0 Å². The summed E-state index contributed by atoms with van der Waals surface area (Å²) in [6.45, 7) is 5.22. The molecule has 0 bridgehead atoms. The molecule has 2 aromatic carbocycles. The molecule has 4 heteroatoms. The second-order valence-corrected chi connectivity index (χ2v) is 5.85. The quantitative estimate of drug-likeness (QED) is 0.888. The zero-order chi connectivity index (χ0) is 16.8. The van der Waals surface area contributed by atoms with Crippen LogP contribution in [0.15, 0.2) is 54.6 Å². The maximum atomic E-state index is 12.3. The first-order valence-corrected chi connectivity index (χ1v) is 7.71. The highest BCUT2D eigenvalue weighted by Gasteiger charge is 2.22. The van der Waals surface area contributed by atoms with E-state index in [1.807, 2.05) is 68.4 Å². The first kappa shape index (κ1) is 16.7. The average molecular weight is 310 g/mol. The molecule has 0 unspecified atom stereocenters. The van der Waals surface area contributed by atoms with Crippen molar-refractivity contribution < 1.29 is 9.59 Å². The minimum absolute atomic E-state index is 0.0162. The minimum Gasteiger partial charge on any atom is -0.344 e. The molecule has 0 fully saturated rings. The van der Waals surface area contributed by atoms with Gasteiger partial charge in [0.15, 0.2) is 0 Å². The maximum Gasteiger partial charge on any atom is 0.247 e. The van der Waals surface area contributed by atoms with Crippen molar-refractivity contribution in [2.75, 3.05) is 5.32 Å². The highest BCUT2D eigenvalue weighted by atomic mass is 16.2. The summed E-state index contributed by atoms with van der Waals surface area (Å²) < 4.78 is 0. The number of amides is 2. The van der Waals surface area contributed by atoms with Crippen LogP contribution in [0.4, 0.5) is 5.69 Å². The lowest BCUT2D eigenvalue weighted by molar-refractivity contribution is -0.126. The van der Waals surface area contributed by atoms with Gasteiger partial charge in [0.2, 0.25) is 11.8 Å². The van der Waals surface area contributed by atoms with Crippen molar-refractivity contribution in [2.24, 2.45) is 5.92 Å². The van der Waals surface area contributed by atoms with Crippen LogP contribution in [0.2, 0.25) is 0 Å². The van der Waals surface area contributed by atoms with Gasteiger partial charge >= 0.3 is 0 Å². The van der Waals surface area contributed by atoms with E-state index in [0.29, 0.717) is 5.69 Å². The van der Waals surface area contributed by atoms with Gasteiger partial charge < -0.3 is 10.6 Å². The van der Waals surface area contributed by atoms with E-state index in [0.717, 1.165) is 11.1 Å². The Bertz CT molecular complexity index is 664.